The van der Waals surface area contributed by atoms with E-state index < -0.39 is 12.2 Å². The maximum Gasteiger partial charge on any atom is 0.109 e. The normalized spacial score (nSPS) is 29.6. The average molecular weight is 261 g/mol. The van der Waals surface area contributed by atoms with Gasteiger partial charge in [0, 0.05) is 15.7 Å². The molecule has 0 radical (unpaired) electrons. The third-order valence-electron chi connectivity index (χ3n) is 2.48. The highest BCUT2D eigenvalue weighted by Crippen LogP contribution is 2.25. The Morgan fingerprint density at radius 2 is 2.00 bits per heavy atom. The van der Waals surface area contributed by atoms with Crippen molar-refractivity contribution in [3.05, 3.63) is 29.3 Å². The number of benzene rings is 1. The first-order valence-electron chi connectivity index (χ1n) is 5.03. The van der Waals surface area contributed by atoms with Crippen molar-refractivity contribution in [2.24, 2.45) is 0 Å². The lowest BCUT2D eigenvalue weighted by Gasteiger charge is -2.14. The van der Waals surface area contributed by atoms with Crippen LogP contribution in [0.25, 0.3) is 0 Å². The predicted molar refractivity (Wildman–Crippen MR) is 63.9 cm³/mol. The van der Waals surface area contributed by atoms with E-state index in [1.165, 1.54) is 0 Å². The van der Waals surface area contributed by atoms with Gasteiger partial charge >= 0.3 is 0 Å². The lowest BCUT2D eigenvalue weighted by atomic mass is 10.2. The van der Waals surface area contributed by atoms with Crippen molar-refractivity contribution >= 4 is 23.4 Å². The Morgan fingerprint density at radius 1 is 1.31 bits per heavy atom. The first kappa shape index (κ1) is 12.2. The Labute approximate surface area is 103 Å². The van der Waals surface area contributed by atoms with Crippen molar-refractivity contribution in [3.8, 4) is 0 Å². The monoisotopic (exact) mass is 260 g/mol. The minimum Gasteiger partial charge on any atom is -0.388 e. The molecule has 1 fully saturated rings. The van der Waals surface area contributed by atoms with Crippen LogP contribution >= 0.6 is 23.4 Å². The van der Waals surface area contributed by atoms with Crippen molar-refractivity contribution in [1.29, 1.82) is 0 Å². The second-order valence-electron chi connectivity index (χ2n) is 3.69. The highest BCUT2D eigenvalue weighted by atomic mass is 35.5. The molecular formula is C11H13ClO3S. The quantitative estimate of drug-likeness (QED) is 0.810. The maximum absolute atomic E-state index is 9.57. The van der Waals surface area contributed by atoms with Gasteiger partial charge in [0.1, 0.15) is 12.2 Å². The van der Waals surface area contributed by atoms with E-state index in [1.807, 2.05) is 24.3 Å². The molecule has 0 saturated carbocycles. The standard InChI is InChI=1S/C11H13ClO3S/c12-7-1-3-8(4-2-7)16-6-10-11(14)9(13)5-15-10/h1-4,9-11,13-14H,5-6H2. The molecule has 0 spiro atoms. The maximum atomic E-state index is 9.57. The molecule has 1 aromatic rings. The van der Waals surface area contributed by atoms with E-state index in [0.717, 1.165) is 4.90 Å². The van der Waals surface area contributed by atoms with E-state index >= 15 is 0 Å². The van der Waals surface area contributed by atoms with Crippen molar-refractivity contribution in [2.75, 3.05) is 12.4 Å². The Bertz CT molecular complexity index is 344. The fraction of sp³-hybridized carbons (Fsp3) is 0.455. The fourth-order valence-corrected chi connectivity index (χ4v) is 2.63. The first-order valence-corrected chi connectivity index (χ1v) is 6.39. The van der Waals surface area contributed by atoms with E-state index in [9.17, 15) is 10.2 Å². The van der Waals surface area contributed by atoms with Crippen LogP contribution in [-0.4, -0.2) is 40.9 Å². The first-order chi connectivity index (χ1) is 7.66. The summed E-state index contributed by atoms with van der Waals surface area (Å²) in [5, 5.41) is 19.6. The van der Waals surface area contributed by atoms with Gasteiger partial charge in [0.2, 0.25) is 0 Å². The van der Waals surface area contributed by atoms with Crippen LogP contribution in [0.3, 0.4) is 0 Å². The van der Waals surface area contributed by atoms with Crippen molar-refractivity contribution in [3.63, 3.8) is 0 Å². The Morgan fingerprint density at radius 3 is 2.56 bits per heavy atom. The SMILES string of the molecule is OC1COC(CSc2ccc(Cl)cc2)C1O. The van der Waals surface area contributed by atoms with Gasteiger partial charge in [0.15, 0.2) is 0 Å². The van der Waals surface area contributed by atoms with E-state index in [1.54, 1.807) is 11.8 Å². The number of aliphatic hydroxyl groups excluding tert-OH is 2. The van der Waals surface area contributed by atoms with Gasteiger partial charge in [0.25, 0.3) is 0 Å². The summed E-state index contributed by atoms with van der Waals surface area (Å²) in [6.45, 7) is 0.215. The minimum atomic E-state index is -0.778. The molecule has 3 unspecified atom stereocenters. The zero-order chi connectivity index (χ0) is 11.5. The van der Waals surface area contributed by atoms with Gasteiger partial charge in [-0.25, -0.2) is 0 Å². The molecule has 3 nitrogen and oxygen atoms in total. The van der Waals surface area contributed by atoms with Crippen LogP contribution in [0, 0.1) is 0 Å². The van der Waals surface area contributed by atoms with Crippen LogP contribution < -0.4 is 0 Å². The van der Waals surface area contributed by atoms with E-state index in [4.69, 9.17) is 16.3 Å². The predicted octanol–water partition coefficient (Wildman–Crippen LogP) is 1.55. The molecule has 2 rings (SSSR count). The highest BCUT2D eigenvalue weighted by Gasteiger charge is 2.34. The summed E-state index contributed by atoms with van der Waals surface area (Å²) in [6.07, 6.45) is -1.83. The largest absolute Gasteiger partial charge is 0.388 e. The molecule has 88 valence electrons. The highest BCUT2D eigenvalue weighted by molar-refractivity contribution is 7.99. The summed E-state index contributed by atoms with van der Waals surface area (Å²) in [4.78, 5) is 1.07. The summed E-state index contributed by atoms with van der Waals surface area (Å²) in [5.41, 5.74) is 0. The molecule has 16 heavy (non-hydrogen) atoms. The Balaban J connectivity index is 1.86. The second kappa shape index (κ2) is 5.38. The Kier molecular flexibility index (Phi) is 4.10. The molecule has 1 aliphatic rings. The van der Waals surface area contributed by atoms with Crippen molar-refractivity contribution in [2.45, 2.75) is 23.2 Å². The summed E-state index contributed by atoms with van der Waals surface area (Å²) in [7, 11) is 0. The zero-order valence-corrected chi connectivity index (χ0v) is 10.1. The molecule has 1 aromatic carbocycles. The van der Waals surface area contributed by atoms with Gasteiger partial charge in [-0.2, -0.15) is 0 Å². The van der Waals surface area contributed by atoms with Crippen LogP contribution in [0.2, 0.25) is 5.02 Å². The van der Waals surface area contributed by atoms with Gasteiger partial charge in [-0.3, -0.25) is 0 Å². The molecule has 0 aliphatic carbocycles. The number of rotatable bonds is 3. The van der Waals surface area contributed by atoms with Crippen molar-refractivity contribution < 1.29 is 14.9 Å². The van der Waals surface area contributed by atoms with Gasteiger partial charge in [-0.05, 0) is 24.3 Å². The Hall–Kier alpha value is -0.260. The van der Waals surface area contributed by atoms with Crippen LogP contribution in [-0.2, 0) is 4.74 Å². The van der Waals surface area contributed by atoms with Crippen LogP contribution in [0.1, 0.15) is 0 Å². The summed E-state index contributed by atoms with van der Waals surface area (Å²) in [6, 6.07) is 7.49. The average Bonchev–Trinajstić information content (AvgIpc) is 2.60. The summed E-state index contributed by atoms with van der Waals surface area (Å²) < 4.78 is 5.28. The molecule has 0 amide bonds. The molecule has 1 aliphatic heterocycles. The number of halogens is 1. The molecule has 5 heteroatoms. The number of aliphatic hydroxyl groups is 2. The van der Waals surface area contributed by atoms with Crippen LogP contribution in [0.5, 0.6) is 0 Å². The fourth-order valence-electron chi connectivity index (χ4n) is 1.52. The van der Waals surface area contributed by atoms with E-state index in [-0.39, 0.29) is 12.7 Å². The third kappa shape index (κ3) is 2.90. The molecule has 1 heterocycles. The molecule has 3 atom stereocenters. The van der Waals surface area contributed by atoms with Crippen LogP contribution in [0.4, 0.5) is 0 Å². The van der Waals surface area contributed by atoms with Gasteiger partial charge in [-0.1, -0.05) is 11.6 Å². The summed E-state index contributed by atoms with van der Waals surface area (Å²) in [5.74, 6) is 0.625. The lowest BCUT2D eigenvalue weighted by Crippen LogP contribution is -2.31. The van der Waals surface area contributed by atoms with Gasteiger partial charge in [-0.15, -0.1) is 11.8 Å². The number of thioether (sulfide) groups is 1. The molecule has 0 aromatic heterocycles. The summed E-state index contributed by atoms with van der Waals surface area (Å²) >= 11 is 7.35. The lowest BCUT2D eigenvalue weighted by molar-refractivity contribution is 0.0337. The zero-order valence-electron chi connectivity index (χ0n) is 8.54. The molecule has 1 saturated heterocycles. The third-order valence-corrected chi connectivity index (χ3v) is 3.84. The number of hydrogen-bond acceptors (Lipinski definition) is 4. The number of hydrogen-bond donors (Lipinski definition) is 2. The van der Waals surface area contributed by atoms with Gasteiger partial charge < -0.3 is 14.9 Å². The topological polar surface area (TPSA) is 49.7 Å². The smallest absolute Gasteiger partial charge is 0.109 e. The second-order valence-corrected chi connectivity index (χ2v) is 5.22. The molecule has 2 N–H and O–H groups in total. The van der Waals surface area contributed by atoms with Gasteiger partial charge in [0.05, 0.1) is 12.7 Å². The van der Waals surface area contributed by atoms with E-state index in [0.29, 0.717) is 10.8 Å². The van der Waals surface area contributed by atoms with Crippen molar-refractivity contribution in [1.82, 2.24) is 0 Å². The number of ether oxygens (including phenoxy) is 1. The van der Waals surface area contributed by atoms with Crippen LogP contribution in [0.15, 0.2) is 29.2 Å². The molecular weight excluding hydrogens is 248 g/mol. The molecule has 0 bridgehead atoms. The minimum absolute atomic E-state index is 0.215. The van der Waals surface area contributed by atoms with E-state index in [2.05, 4.69) is 0 Å².